The molecule has 0 spiro atoms. The van der Waals surface area contributed by atoms with Crippen molar-refractivity contribution in [3.05, 3.63) is 21.1 Å². The second-order valence-electron chi connectivity index (χ2n) is 2.99. The van der Waals surface area contributed by atoms with Crippen molar-refractivity contribution < 1.29 is 0 Å². The van der Waals surface area contributed by atoms with Crippen LogP contribution in [0.25, 0.3) is 0 Å². The average Bonchev–Trinajstić information content (AvgIpc) is 1.93. The molecule has 1 fully saturated rings. The summed E-state index contributed by atoms with van der Waals surface area (Å²) in [6, 6.07) is 0. The predicted molar refractivity (Wildman–Crippen MR) is 54.0 cm³/mol. The van der Waals surface area contributed by atoms with Gasteiger partial charge in [-0.2, -0.15) is 0 Å². The fourth-order valence-corrected chi connectivity index (χ4v) is 1.70. The monoisotopic (exact) mass is 290 g/mol. The largest absolute Gasteiger partial charge is 0.240 e. The van der Waals surface area contributed by atoms with E-state index in [4.69, 9.17) is 0 Å². The quantitative estimate of drug-likeness (QED) is 0.742. The smallest absolute Gasteiger partial charge is 0.132 e. The Morgan fingerprint density at radius 1 is 1.33 bits per heavy atom. The second kappa shape index (κ2) is 3.42. The summed E-state index contributed by atoms with van der Waals surface area (Å²) in [5, 5.41) is 0. The van der Waals surface area contributed by atoms with Gasteiger partial charge in [0.1, 0.15) is 10.4 Å². The summed E-state index contributed by atoms with van der Waals surface area (Å²) in [7, 11) is 0. The van der Waals surface area contributed by atoms with Gasteiger partial charge in [-0.1, -0.05) is 6.42 Å². The molecule has 1 aromatic heterocycles. The number of halogens is 2. The molecule has 1 aliphatic rings. The van der Waals surface area contributed by atoms with E-state index in [2.05, 4.69) is 41.8 Å². The van der Waals surface area contributed by atoms with Gasteiger partial charge in [-0.25, -0.2) is 9.97 Å². The first-order valence-corrected chi connectivity index (χ1v) is 5.54. The van der Waals surface area contributed by atoms with Crippen LogP contribution in [-0.4, -0.2) is 9.97 Å². The van der Waals surface area contributed by atoms with Gasteiger partial charge in [0.05, 0.1) is 4.47 Å². The van der Waals surface area contributed by atoms with Gasteiger partial charge in [0.15, 0.2) is 0 Å². The first kappa shape index (κ1) is 8.63. The molecule has 64 valence electrons. The molecule has 2 nitrogen and oxygen atoms in total. The minimum Gasteiger partial charge on any atom is -0.240 e. The Morgan fingerprint density at radius 2 is 2.08 bits per heavy atom. The van der Waals surface area contributed by atoms with Gasteiger partial charge in [-0.15, -0.1) is 0 Å². The molecular formula is C8H8Br2N2. The summed E-state index contributed by atoms with van der Waals surface area (Å²) in [4.78, 5) is 8.63. The maximum atomic E-state index is 4.35. The van der Waals surface area contributed by atoms with Crippen LogP contribution in [0.2, 0.25) is 0 Å². The zero-order valence-electron chi connectivity index (χ0n) is 6.43. The number of hydrogen-bond donors (Lipinski definition) is 0. The van der Waals surface area contributed by atoms with Crippen LogP contribution in [0.5, 0.6) is 0 Å². The topological polar surface area (TPSA) is 25.8 Å². The lowest BCUT2D eigenvalue weighted by molar-refractivity contribution is 0.400. The molecule has 1 aliphatic carbocycles. The minimum atomic E-state index is 0.606. The van der Waals surface area contributed by atoms with Crippen LogP contribution >= 0.6 is 31.9 Å². The van der Waals surface area contributed by atoms with Crippen molar-refractivity contribution in [2.24, 2.45) is 0 Å². The van der Waals surface area contributed by atoms with E-state index in [0.29, 0.717) is 5.92 Å². The predicted octanol–water partition coefficient (Wildman–Crippen LogP) is 3.27. The van der Waals surface area contributed by atoms with Gasteiger partial charge in [0.2, 0.25) is 0 Å². The van der Waals surface area contributed by atoms with Crippen molar-refractivity contribution in [2.75, 3.05) is 0 Å². The highest BCUT2D eigenvalue weighted by Crippen LogP contribution is 2.35. The average molecular weight is 292 g/mol. The molecule has 0 saturated heterocycles. The summed E-state index contributed by atoms with van der Waals surface area (Å²) in [6.45, 7) is 0. The Labute approximate surface area is 88.1 Å². The highest BCUT2D eigenvalue weighted by atomic mass is 79.9. The van der Waals surface area contributed by atoms with E-state index in [-0.39, 0.29) is 0 Å². The maximum Gasteiger partial charge on any atom is 0.132 e. The third kappa shape index (κ3) is 1.55. The third-order valence-electron chi connectivity index (χ3n) is 2.19. The molecule has 0 bridgehead atoms. The van der Waals surface area contributed by atoms with Crippen LogP contribution in [-0.2, 0) is 0 Å². The van der Waals surface area contributed by atoms with Gasteiger partial charge in [-0.3, -0.25) is 0 Å². The molecule has 0 N–H and O–H groups in total. The minimum absolute atomic E-state index is 0.606. The molecule has 0 unspecified atom stereocenters. The lowest BCUT2D eigenvalue weighted by Gasteiger charge is -2.23. The third-order valence-corrected chi connectivity index (χ3v) is 3.91. The first-order chi connectivity index (χ1) is 5.77. The molecule has 12 heavy (non-hydrogen) atoms. The van der Waals surface area contributed by atoms with Gasteiger partial charge in [0, 0.05) is 12.1 Å². The number of aromatic nitrogens is 2. The van der Waals surface area contributed by atoms with Gasteiger partial charge in [-0.05, 0) is 44.7 Å². The molecule has 0 atom stereocenters. The van der Waals surface area contributed by atoms with E-state index in [1.54, 1.807) is 0 Å². The zero-order chi connectivity index (χ0) is 8.55. The molecule has 2 rings (SSSR count). The highest BCUT2D eigenvalue weighted by molar-refractivity contribution is 9.13. The van der Waals surface area contributed by atoms with Crippen LogP contribution in [0.15, 0.2) is 15.3 Å². The van der Waals surface area contributed by atoms with Crippen LogP contribution in [0.4, 0.5) is 0 Å². The molecule has 1 aromatic rings. The van der Waals surface area contributed by atoms with Crippen molar-refractivity contribution >= 4 is 31.9 Å². The normalized spacial score (nSPS) is 17.5. The van der Waals surface area contributed by atoms with E-state index in [1.165, 1.54) is 19.3 Å². The van der Waals surface area contributed by atoms with Crippen molar-refractivity contribution in [3.8, 4) is 0 Å². The van der Waals surface area contributed by atoms with Crippen molar-refractivity contribution in [1.29, 1.82) is 0 Å². The summed E-state index contributed by atoms with van der Waals surface area (Å²) in [5.41, 5.74) is 0. The standard InChI is InChI=1S/C8H8Br2N2/c9-6-4-11-8(12-7(6)10)5-2-1-3-5/h4-5H,1-3H2. The van der Waals surface area contributed by atoms with Crippen LogP contribution in [0.1, 0.15) is 31.0 Å². The van der Waals surface area contributed by atoms with Gasteiger partial charge >= 0.3 is 0 Å². The first-order valence-electron chi connectivity index (χ1n) is 3.95. The fourth-order valence-electron chi connectivity index (χ4n) is 1.22. The molecule has 4 heteroatoms. The Bertz CT molecular complexity index is 297. The number of nitrogens with zero attached hydrogens (tertiary/aromatic N) is 2. The van der Waals surface area contributed by atoms with E-state index in [0.717, 1.165) is 14.9 Å². The van der Waals surface area contributed by atoms with E-state index in [9.17, 15) is 0 Å². The summed E-state index contributed by atoms with van der Waals surface area (Å²) in [6.07, 6.45) is 5.62. The van der Waals surface area contributed by atoms with E-state index >= 15 is 0 Å². The summed E-state index contributed by atoms with van der Waals surface area (Å²) < 4.78 is 1.78. The Kier molecular flexibility index (Phi) is 2.46. The number of rotatable bonds is 1. The molecule has 1 heterocycles. The zero-order valence-corrected chi connectivity index (χ0v) is 9.60. The van der Waals surface area contributed by atoms with E-state index in [1.807, 2.05) is 6.20 Å². The second-order valence-corrected chi connectivity index (χ2v) is 4.60. The Morgan fingerprint density at radius 3 is 2.58 bits per heavy atom. The molecule has 0 radical (unpaired) electrons. The van der Waals surface area contributed by atoms with E-state index < -0.39 is 0 Å². The molecular weight excluding hydrogens is 284 g/mol. The van der Waals surface area contributed by atoms with Crippen LogP contribution < -0.4 is 0 Å². The van der Waals surface area contributed by atoms with Crippen molar-refractivity contribution in [1.82, 2.24) is 9.97 Å². The SMILES string of the molecule is Brc1cnc(C2CCC2)nc1Br. The van der Waals surface area contributed by atoms with Crippen molar-refractivity contribution in [2.45, 2.75) is 25.2 Å². The maximum absolute atomic E-state index is 4.35. The lowest BCUT2D eigenvalue weighted by atomic mass is 9.85. The summed E-state index contributed by atoms with van der Waals surface area (Å²) in [5.74, 6) is 1.59. The Balaban J connectivity index is 2.27. The fraction of sp³-hybridized carbons (Fsp3) is 0.500. The molecule has 1 saturated carbocycles. The van der Waals surface area contributed by atoms with Gasteiger partial charge in [0.25, 0.3) is 0 Å². The highest BCUT2D eigenvalue weighted by Gasteiger charge is 2.22. The van der Waals surface area contributed by atoms with Crippen LogP contribution in [0, 0.1) is 0 Å². The van der Waals surface area contributed by atoms with Crippen molar-refractivity contribution in [3.63, 3.8) is 0 Å². The molecule has 0 aromatic carbocycles. The molecule has 0 aliphatic heterocycles. The lowest BCUT2D eigenvalue weighted by Crippen LogP contribution is -2.12. The molecule has 0 amide bonds. The Hall–Kier alpha value is 0.0400. The van der Waals surface area contributed by atoms with Crippen LogP contribution in [0.3, 0.4) is 0 Å². The summed E-state index contributed by atoms with van der Waals surface area (Å²) >= 11 is 6.72. The van der Waals surface area contributed by atoms with Gasteiger partial charge < -0.3 is 0 Å². The number of hydrogen-bond acceptors (Lipinski definition) is 2.